The third-order valence-electron chi connectivity index (χ3n) is 3.02. The van der Waals surface area contributed by atoms with Gasteiger partial charge < -0.3 is 5.32 Å². The number of nitrogens with zero attached hydrogens (tertiary/aromatic N) is 3. The van der Waals surface area contributed by atoms with Crippen molar-refractivity contribution >= 4 is 0 Å². The van der Waals surface area contributed by atoms with Crippen LogP contribution in [0.2, 0.25) is 0 Å². The van der Waals surface area contributed by atoms with Crippen LogP contribution in [0.4, 0.5) is 0 Å². The van der Waals surface area contributed by atoms with E-state index in [1.807, 2.05) is 31.0 Å². The van der Waals surface area contributed by atoms with Gasteiger partial charge in [0.05, 0.1) is 17.9 Å². The monoisotopic (exact) mass is 230 g/mol. The SMILES string of the molecule is CNC(CCc1ccccc1)c1cnnn1C. The van der Waals surface area contributed by atoms with E-state index in [2.05, 4.69) is 39.9 Å². The van der Waals surface area contributed by atoms with E-state index < -0.39 is 0 Å². The lowest BCUT2D eigenvalue weighted by atomic mass is 10.0. The molecule has 0 aliphatic heterocycles. The van der Waals surface area contributed by atoms with Gasteiger partial charge in [0, 0.05) is 7.05 Å². The molecule has 1 atom stereocenters. The Balaban J connectivity index is 2.00. The molecule has 1 heterocycles. The summed E-state index contributed by atoms with van der Waals surface area (Å²) in [4.78, 5) is 0. The molecule has 0 amide bonds. The van der Waals surface area contributed by atoms with Gasteiger partial charge in [0.15, 0.2) is 0 Å². The maximum Gasteiger partial charge on any atom is 0.0753 e. The van der Waals surface area contributed by atoms with Crippen LogP contribution in [-0.2, 0) is 13.5 Å². The number of hydrogen-bond acceptors (Lipinski definition) is 3. The minimum atomic E-state index is 0.301. The van der Waals surface area contributed by atoms with Crippen LogP contribution in [0.15, 0.2) is 36.5 Å². The zero-order valence-electron chi connectivity index (χ0n) is 10.3. The van der Waals surface area contributed by atoms with Gasteiger partial charge in [0.1, 0.15) is 0 Å². The lowest BCUT2D eigenvalue weighted by Gasteiger charge is -2.15. The summed E-state index contributed by atoms with van der Waals surface area (Å²) in [5.74, 6) is 0. The van der Waals surface area contributed by atoms with Crippen LogP contribution in [0.5, 0.6) is 0 Å². The summed E-state index contributed by atoms with van der Waals surface area (Å²) >= 11 is 0. The van der Waals surface area contributed by atoms with E-state index in [4.69, 9.17) is 0 Å². The summed E-state index contributed by atoms with van der Waals surface area (Å²) in [6.45, 7) is 0. The van der Waals surface area contributed by atoms with Crippen LogP contribution in [0.3, 0.4) is 0 Å². The molecule has 0 radical (unpaired) electrons. The molecule has 4 heteroatoms. The first kappa shape index (κ1) is 11.8. The lowest BCUT2D eigenvalue weighted by molar-refractivity contribution is 0.505. The summed E-state index contributed by atoms with van der Waals surface area (Å²) < 4.78 is 1.83. The Hall–Kier alpha value is -1.68. The summed E-state index contributed by atoms with van der Waals surface area (Å²) in [5, 5.41) is 11.2. The maximum absolute atomic E-state index is 3.97. The van der Waals surface area contributed by atoms with Crippen LogP contribution >= 0.6 is 0 Å². The van der Waals surface area contributed by atoms with E-state index in [1.165, 1.54) is 5.56 Å². The fraction of sp³-hybridized carbons (Fsp3) is 0.385. The maximum atomic E-state index is 3.97. The van der Waals surface area contributed by atoms with Crippen molar-refractivity contribution in [2.24, 2.45) is 7.05 Å². The topological polar surface area (TPSA) is 42.7 Å². The Morgan fingerprint density at radius 1 is 1.29 bits per heavy atom. The first-order valence-corrected chi connectivity index (χ1v) is 5.87. The van der Waals surface area contributed by atoms with E-state index in [0.717, 1.165) is 18.5 Å². The Morgan fingerprint density at radius 3 is 2.65 bits per heavy atom. The summed E-state index contributed by atoms with van der Waals surface area (Å²) in [5.41, 5.74) is 2.49. The van der Waals surface area contributed by atoms with Crippen molar-refractivity contribution < 1.29 is 0 Å². The van der Waals surface area contributed by atoms with Crippen LogP contribution in [0.1, 0.15) is 23.7 Å². The standard InChI is InChI=1S/C13H18N4/c1-14-12(13-10-15-16-17(13)2)9-8-11-6-4-3-5-7-11/h3-7,10,12,14H,8-9H2,1-2H3. The second-order valence-corrected chi connectivity index (χ2v) is 4.15. The highest BCUT2D eigenvalue weighted by Crippen LogP contribution is 2.17. The number of nitrogens with one attached hydrogen (secondary N) is 1. The van der Waals surface area contributed by atoms with Gasteiger partial charge in [0.2, 0.25) is 0 Å². The Labute approximate surface area is 102 Å². The van der Waals surface area contributed by atoms with Gasteiger partial charge >= 0.3 is 0 Å². The normalized spacial score (nSPS) is 12.6. The Kier molecular flexibility index (Phi) is 3.88. The molecule has 0 aliphatic rings. The van der Waals surface area contributed by atoms with Crippen molar-refractivity contribution in [2.75, 3.05) is 7.05 Å². The number of rotatable bonds is 5. The van der Waals surface area contributed by atoms with Gasteiger partial charge in [-0.2, -0.15) is 0 Å². The molecule has 90 valence electrons. The highest BCUT2D eigenvalue weighted by Gasteiger charge is 2.13. The van der Waals surface area contributed by atoms with Crippen LogP contribution in [0.25, 0.3) is 0 Å². The van der Waals surface area contributed by atoms with Crippen molar-refractivity contribution in [3.63, 3.8) is 0 Å². The molecule has 17 heavy (non-hydrogen) atoms. The van der Waals surface area contributed by atoms with E-state index in [0.29, 0.717) is 6.04 Å². The highest BCUT2D eigenvalue weighted by molar-refractivity contribution is 5.15. The number of benzene rings is 1. The molecule has 0 saturated carbocycles. The summed E-state index contributed by atoms with van der Waals surface area (Å²) in [7, 11) is 3.90. The molecule has 1 N–H and O–H groups in total. The van der Waals surface area contributed by atoms with Gasteiger partial charge in [-0.05, 0) is 25.5 Å². The molecule has 1 aromatic heterocycles. The van der Waals surface area contributed by atoms with E-state index in [-0.39, 0.29) is 0 Å². The van der Waals surface area contributed by atoms with Gasteiger partial charge in [-0.25, -0.2) is 0 Å². The molecule has 0 spiro atoms. The van der Waals surface area contributed by atoms with E-state index in [9.17, 15) is 0 Å². The van der Waals surface area contributed by atoms with Crippen molar-refractivity contribution in [1.29, 1.82) is 0 Å². The second-order valence-electron chi connectivity index (χ2n) is 4.15. The zero-order valence-corrected chi connectivity index (χ0v) is 10.3. The first-order chi connectivity index (χ1) is 8.31. The Morgan fingerprint density at radius 2 is 2.06 bits per heavy atom. The molecule has 0 saturated heterocycles. The second kappa shape index (κ2) is 5.59. The van der Waals surface area contributed by atoms with E-state index >= 15 is 0 Å². The smallest absolute Gasteiger partial charge is 0.0753 e. The molecule has 4 nitrogen and oxygen atoms in total. The average Bonchev–Trinajstić information content (AvgIpc) is 2.78. The van der Waals surface area contributed by atoms with Gasteiger partial charge in [-0.15, -0.1) is 5.10 Å². The predicted molar refractivity (Wildman–Crippen MR) is 67.6 cm³/mol. The molecule has 0 bridgehead atoms. The Bertz CT molecular complexity index is 449. The van der Waals surface area contributed by atoms with Crippen molar-refractivity contribution in [2.45, 2.75) is 18.9 Å². The summed E-state index contributed by atoms with van der Waals surface area (Å²) in [6.07, 6.45) is 3.92. The third kappa shape index (κ3) is 2.91. The van der Waals surface area contributed by atoms with Gasteiger partial charge in [-0.3, -0.25) is 4.68 Å². The third-order valence-corrected chi connectivity index (χ3v) is 3.02. The minimum Gasteiger partial charge on any atom is -0.312 e. The van der Waals surface area contributed by atoms with Crippen LogP contribution < -0.4 is 5.32 Å². The van der Waals surface area contributed by atoms with Crippen LogP contribution in [0, 0.1) is 0 Å². The van der Waals surface area contributed by atoms with E-state index in [1.54, 1.807) is 0 Å². The van der Waals surface area contributed by atoms with Gasteiger partial charge in [0.25, 0.3) is 0 Å². The number of hydrogen-bond donors (Lipinski definition) is 1. The van der Waals surface area contributed by atoms with Crippen LogP contribution in [-0.4, -0.2) is 22.0 Å². The molecular formula is C13H18N4. The first-order valence-electron chi connectivity index (χ1n) is 5.87. The zero-order chi connectivity index (χ0) is 12.1. The van der Waals surface area contributed by atoms with Crippen molar-refractivity contribution in [3.05, 3.63) is 47.8 Å². The molecule has 0 aliphatic carbocycles. The molecule has 1 unspecified atom stereocenters. The molecule has 0 fully saturated rings. The molecule has 2 aromatic rings. The fourth-order valence-corrected chi connectivity index (χ4v) is 2.01. The molecule has 2 rings (SSSR count). The average molecular weight is 230 g/mol. The summed E-state index contributed by atoms with van der Waals surface area (Å²) in [6, 6.07) is 10.8. The molecule has 1 aromatic carbocycles. The number of aromatic nitrogens is 3. The highest BCUT2D eigenvalue weighted by atomic mass is 15.4. The van der Waals surface area contributed by atoms with Gasteiger partial charge in [-0.1, -0.05) is 35.5 Å². The predicted octanol–water partition coefficient (Wildman–Crippen LogP) is 1.71. The largest absolute Gasteiger partial charge is 0.312 e. The molecular weight excluding hydrogens is 212 g/mol. The number of aryl methyl sites for hydroxylation is 2. The fourth-order valence-electron chi connectivity index (χ4n) is 2.01. The van der Waals surface area contributed by atoms with Crippen molar-refractivity contribution in [1.82, 2.24) is 20.3 Å². The quantitative estimate of drug-likeness (QED) is 0.850. The van der Waals surface area contributed by atoms with Crippen molar-refractivity contribution in [3.8, 4) is 0 Å². The minimum absolute atomic E-state index is 0.301. The lowest BCUT2D eigenvalue weighted by Crippen LogP contribution is -2.20.